The molecule has 10 nitrogen and oxygen atoms in total. The summed E-state index contributed by atoms with van der Waals surface area (Å²) in [5.74, 6) is -0.349. The van der Waals surface area contributed by atoms with Crippen LogP contribution in [0.15, 0.2) is 70.3 Å². The van der Waals surface area contributed by atoms with Gasteiger partial charge in [-0.05, 0) is 48.7 Å². The van der Waals surface area contributed by atoms with E-state index in [0.29, 0.717) is 11.4 Å². The van der Waals surface area contributed by atoms with E-state index in [4.69, 9.17) is 4.74 Å². The number of benzene rings is 2. The Balaban J connectivity index is 1.61. The summed E-state index contributed by atoms with van der Waals surface area (Å²) in [6, 6.07) is 15.9. The smallest absolute Gasteiger partial charge is 0.323 e. The van der Waals surface area contributed by atoms with Crippen molar-refractivity contribution in [2.75, 3.05) is 37.4 Å². The minimum absolute atomic E-state index is 0.0514. The van der Waals surface area contributed by atoms with Crippen molar-refractivity contribution in [3.63, 3.8) is 0 Å². The maximum absolute atomic E-state index is 13.6. The number of carbonyl (C=O) groups excluding carboxylic acids is 2. The third-order valence-corrected chi connectivity index (χ3v) is 9.75. The summed E-state index contributed by atoms with van der Waals surface area (Å²) >= 11 is 1.14. The Labute approximate surface area is 232 Å². The first-order valence-electron chi connectivity index (χ1n) is 12.5. The number of nitrogens with zero attached hydrogens (tertiary/aromatic N) is 2. The molecule has 0 saturated heterocycles. The highest BCUT2D eigenvalue weighted by Crippen LogP contribution is 2.31. The van der Waals surface area contributed by atoms with Gasteiger partial charge in [0.1, 0.15) is 16.1 Å². The van der Waals surface area contributed by atoms with Gasteiger partial charge in [-0.1, -0.05) is 31.2 Å². The van der Waals surface area contributed by atoms with Crippen LogP contribution >= 0.6 is 11.3 Å². The molecule has 1 aliphatic heterocycles. The molecule has 2 heterocycles. The fourth-order valence-corrected chi connectivity index (χ4v) is 6.63. The highest BCUT2D eigenvalue weighted by atomic mass is 32.2. The number of nitrogens with one attached hydrogen (secondary N) is 2. The molecule has 0 bridgehead atoms. The Morgan fingerprint density at radius 1 is 1.15 bits per heavy atom. The van der Waals surface area contributed by atoms with Crippen LogP contribution < -0.4 is 15.4 Å². The number of fused-ring (bicyclic) bond motifs is 1. The summed E-state index contributed by atoms with van der Waals surface area (Å²) in [6.45, 7) is 3.67. The maximum atomic E-state index is 13.6. The molecule has 2 aromatic carbocycles. The monoisotopic (exact) mass is 572 g/mol. The van der Waals surface area contributed by atoms with Crippen LogP contribution in [0, 0.1) is 5.92 Å². The Morgan fingerprint density at radius 3 is 2.54 bits per heavy atom. The standard InChI is InChI=1S/C27H32N4O6S2/c1-18-15-31(19(2)17-32)26(33)22-14-21(29-27(34)28-20-8-5-4-6-9-20)11-12-23(22)37-24(18)16-30(3)39(35,36)25-10-7-13-38-25/h4-14,18-19,24,32H,15-17H2,1-3H3,(H2,28,29,34)/t18-,19-,24+/m1/s1. The van der Waals surface area contributed by atoms with Crippen LogP contribution in [-0.2, 0) is 10.0 Å². The second-order valence-electron chi connectivity index (χ2n) is 9.50. The SMILES string of the molecule is C[C@@H]1CN([C@H](C)CO)C(=O)c2cc(NC(=O)Nc3ccccc3)ccc2O[C@H]1CN(C)S(=O)(=O)c1cccs1. The van der Waals surface area contributed by atoms with E-state index in [1.165, 1.54) is 17.4 Å². The van der Waals surface area contributed by atoms with Gasteiger partial charge in [0, 0.05) is 30.9 Å². The topological polar surface area (TPSA) is 128 Å². The Hall–Kier alpha value is -3.45. The highest BCUT2D eigenvalue weighted by Gasteiger charge is 2.35. The molecule has 3 amide bonds. The molecule has 1 aliphatic rings. The van der Waals surface area contributed by atoms with Gasteiger partial charge in [-0.25, -0.2) is 13.2 Å². The number of likely N-dealkylation sites (N-methyl/N-ethyl adjacent to an activating group) is 1. The van der Waals surface area contributed by atoms with E-state index in [0.717, 1.165) is 11.3 Å². The van der Waals surface area contributed by atoms with Gasteiger partial charge in [0.25, 0.3) is 15.9 Å². The van der Waals surface area contributed by atoms with Gasteiger partial charge in [-0.3, -0.25) is 4.79 Å². The van der Waals surface area contributed by atoms with Gasteiger partial charge in [-0.15, -0.1) is 11.3 Å². The normalized spacial score (nSPS) is 18.5. The molecule has 39 heavy (non-hydrogen) atoms. The zero-order valence-electron chi connectivity index (χ0n) is 21.9. The molecule has 0 spiro atoms. The number of aliphatic hydroxyl groups excluding tert-OH is 1. The van der Waals surface area contributed by atoms with Crippen molar-refractivity contribution in [1.82, 2.24) is 9.21 Å². The average molecular weight is 573 g/mol. The second-order valence-corrected chi connectivity index (χ2v) is 12.7. The fraction of sp³-hybridized carbons (Fsp3) is 0.333. The van der Waals surface area contributed by atoms with Crippen molar-refractivity contribution in [2.45, 2.75) is 30.2 Å². The molecule has 0 radical (unpaired) electrons. The molecule has 12 heteroatoms. The van der Waals surface area contributed by atoms with Crippen molar-refractivity contribution in [3.05, 3.63) is 71.6 Å². The lowest BCUT2D eigenvalue weighted by atomic mass is 9.99. The summed E-state index contributed by atoms with van der Waals surface area (Å²) in [7, 11) is -2.21. The first-order valence-corrected chi connectivity index (χ1v) is 14.8. The van der Waals surface area contributed by atoms with Gasteiger partial charge in [0.15, 0.2) is 0 Å². The predicted octanol–water partition coefficient (Wildman–Crippen LogP) is 3.93. The van der Waals surface area contributed by atoms with Gasteiger partial charge in [0.2, 0.25) is 0 Å². The molecule has 3 aromatic rings. The summed E-state index contributed by atoms with van der Waals surface area (Å²) in [5.41, 5.74) is 1.19. The number of sulfonamides is 1. The number of anilines is 2. The lowest BCUT2D eigenvalue weighted by Crippen LogP contribution is -2.50. The predicted molar refractivity (Wildman–Crippen MR) is 151 cm³/mol. The van der Waals surface area contributed by atoms with E-state index >= 15 is 0 Å². The van der Waals surface area contributed by atoms with E-state index < -0.39 is 28.2 Å². The molecular weight excluding hydrogens is 540 g/mol. The second kappa shape index (κ2) is 12.2. The first kappa shape index (κ1) is 28.6. The number of ether oxygens (including phenoxy) is 1. The van der Waals surface area contributed by atoms with Crippen LogP contribution in [0.3, 0.4) is 0 Å². The fourth-order valence-electron chi connectivity index (χ4n) is 4.25. The van der Waals surface area contributed by atoms with E-state index in [9.17, 15) is 23.1 Å². The Morgan fingerprint density at radius 2 is 1.87 bits per heavy atom. The number of urea groups is 1. The molecule has 208 valence electrons. The van der Waals surface area contributed by atoms with Gasteiger partial charge >= 0.3 is 6.03 Å². The van der Waals surface area contributed by atoms with Crippen LogP contribution in [0.5, 0.6) is 5.75 Å². The third kappa shape index (κ3) is 6.59. The van der Waals surface area contributed by atoms with Crippen LogP contribution in [0.2, 0.25) is 0 Å². The summed E-state index contributed by atoms with van der Waals surface area (Å²) in [5, 5.41) is 17.0. The molecule has 1 aromatic heterocycles. The van der Waals surface area contributed by atoms with Gasteiger partial charge in [-0.2, -0.15) is 4.31 Å². The average Bonchev–Trinajstić information content (AvgIpc) is 3.47. The van der Waals surface area contributed by atoms with Crippen molar-refractivity contribution >= 4 is 44.7 Å². The van der Waals surface area contributed by atoms with Gasteiger partial charge < -0.3 is 25.4 Å². The first-order chi connectivity index (χ1) is 18.6. The quantitative estimate of drug-likeness (QED) is 0.375. The lowest BCUT2D eigenvalue weighted by Gasteiger charge is -2.38. The Bertz CT molecular complexity index is 1400. The number of rotatable bonds is 8. The van der Waals surface area contributed by atoms with Gasteiger partial charge in [0.05, 0.1) is 24.8 Å². The van der Waals surface area contributed by atoms with Crippen molar-refractivity contribution in [2.24, 2.45) is 5.92 Å². The molecule has 0 unspecified atom stereocenters. The molecule has 0 fully saturated rings. The van der Waals surface area contributed by atoms with Crippen molar-refractivity contribution in [1.29, 1.82) is 0 Å². The number of hydrogen-bond acceptors (Lipinski definition) is 7. The molecular formula is C27H32N4O6S2. The molecule has 4 rings (SSSR count). The number of thiophene rings is 1. The molecule has 0 aliphatic carbocycles. The molecule has 0 saturated carbocycles. The van der Waals surface area contributed by atoms with Crippen LogP contribution in [0.1, 0.15) is 24.2 Å². The van der Waals surface area contributed by atoms with E-state index in [1.54, 1.807) is 65.7 Å². The minimum Gasteiger partial charge on any atom is -0.488 e. The van der Waals surface area contributed by atoms with Crippen LogP contribution in [-0.4, -0.2) is 73.6 Å². The molecule has 3 atom stereocenters. The highest BCUT2D eigenvalue weighted by molar-refractivity contribution is 7.91. The van der Waals surface area contributed by atoms with E-state index in [1.807, 2.05) is 13.0 Å². The summed E-state index contributed by atoms with van der Waals surface area (Å²) < 4.78 is 33.9. The number of amides is 3. The lowest BCUT2D eigenvalue weighted by molar-refractivity contribution is 0.0387. The maximum Gasteiger partial charge on any atom is 0.323 e. The van der Waals surface area contributed by atoms with E-state index in [-0.39, 0.29) is 47.0 Å². The van der Waals surface area contributed by atoms with E-state index in [2.05, 4.69) is 10.6 Å². The van der Waals surface area contributed by atoms with Crippen LogP contribution in [0.25, 0.3) is 0 Å². The summed E-state index contributed by atoms with van der Waals surface area (Å²) in [6.07, 6.45) is -0.592. The number of para-hydroxylation sites is 1. The zero-order chi connectivity index (χ0) is 28.2. The third-order valence-electron chi connectivity index (χ3n) is 6.55. The summed E-state index contributed by atoms with van der Waals surface area (Å²) in [4.78, 5) is 27.7. The number of aliphatic hydroxyl groups is 1. The molecule has 3 N–H and O–H groups in total. The van der Waals surface area contributed by atoms with Crippen molar-refractivity contribution < 1.29 is 27.9 Å². The zero-order valence-corrected chi connectivity index (χ0v) is 23.5. The number of carbonyl (C=O) groups is 2. The van der Waals surface area contributed by atoms with Crippen molar-refractivity contribution in [3.8, 4) is 5.75 Å². The number of hydrogen-bond donors (Lipinski definition) is 3. The Kier molecular flexibility index (Phi) is 8.90. The minimum atomic E-state index is -3.71. The van der Waals surface area contributed by atoms with Crippen LogP contribution in [0.4, 0.5) is 16.2 Å². The largest absolute Gasteiger partial charge is 0.488 e.